The van der Waals surface area contributed by atoms with Crippen molar-refractivity contribution in [1.82, 2.24) is 25.0 Å². The molecule has 0 atom stereocenters. The molecule has 7 nitrogen and oxygen atoms in total. The molecule has 0 radical (unpaired) electrons. The zero-order chi connectivity index (χ0) is 19.0. The van der Waals surface area contributed by atoms with Gasteiger partial charge in [0.05, 0.1) is 28.5 Å². The summed E-state index contributed by atoms with van der Waals surface area (Å²) in [6.07, 6.45) is 5.45. The maximum Gasteiger partial charge on any atom is 0.255 e. The van der Waals surface area contributed by atoms with Crippen molar-refractivity contribution >= 4 is 11.4 Å². The van der Waals surface area contributed by atoms with E-state index in [2.05, 4.69) is 20.6 Å². The molecular formula is C20H23N5O2. The number of hydrogen-bond donors (Lipinski definition) is 2. The van der Waals surface area contributed by atoms with Gasteiger partial charge in [0.15, 0.2) is 5.75 Å². The van der Waals surface area contributed by atoms with E-state index in [-0.39, 0.29) is 5.91 Å². The molecule has 4 heterocycles. The predicted molar refractivity (Wildman–Crippen MR) is 102 cm³/mol. The lowest BCUT2D eigenvalue weighted by Gasteiger charge is -2.26. The number of amides is 1. The maximum absolute atomic E-state index is 13.1. The Morgan fingerprint density at radius 2 is 2.19 bits per heavy atom. The number of nitrogens with zero attached hydrogens (tertiary/aromatic N) is 3. The van der Waals surface area contributed by atoms with E-state index in [1.54, 1.807) is 12.3 Å². The molecule has 0 aromatic carbocycles. The highest BCUT2D eigenvalue weighted by Gasteiger charge is 2.30. The molecule has 0 fully saturated rings. The number of ether oxygens (including phenoxy) is 1. The van der Waals surface area contributed by atoms with E-state index in [9.17, 15) is 4.79 Å². The zero-order valence-electron chi connectivity index (χ0n) is 15.7. The number of nitrogens with one attached hydrogen (secondary N) is 2. The smallest absolute Gasteiger partial charge is 0.255 e. The number of carbonyl (C=O) groups is 1. The second-order valence-electron chi connectivity index (χ2n) is 7.27. The molecule has 0 spiro atoms. The Morgan fingerprint density at radius 1 is 1.33 bits per heavy atom. The Kier molecular flexibility index (Phi) is 4.31. The van der Waals surface area contributed by atoms with Crippen LogP contribution in [0.25, 0.3) is 5.52 Å². The number of imidazole rings is 1. The summed E-state index contributed by atoms with van der Waals surface area (Å²) in [6, 6.07) is 5.72. The first kappa shape index (κ1) is 17.5. The number of rotatable bonds is 3. The fourth-order valence-electron chi connectivity index (χ4n) is 3.42. The number of hydrogen-bond acceptors (Lipinski definition) is 5. The summed E-state index contributed by atoms with van der Waals surface area (Å²) < 4.78 is 7.80. The summed E-state index contributed by atoms with van der Waals surface area (Å²) >= 11 is 0. The van der Waals surface area contributed by atoms with Gasteiger partial charge >= 0.3 is 0 Å². The number of aryl methyl sites for hydroxylation is 1. The Labute approximate surface area is 157 Å². The first-order chi connectivity index (χ1) is 13.0. The maximum atomic E-state index is 13.1. The first-order valence-electron chi connectivity index (χ1n) is 9.04. The van der Waals surface area contributed by atoms with Crippen molar-refractivity contribution in [3.8, 4) is 5.75 Å². The average Bonchev–Trinajstić information content (AvgIpc) is 2.94. The van der Waals surface area contributed by atoms with Crippen LogP contribution >= 0.6 is 0 Å². The normalized spacial score (nSPS) is 14.3. The second kappa shape index (κ2) is 6.66. The monoisotopic (exact) mass is 365 g/mol. The van der Waals surface area contributed by atoms with E-state index < -0.39 is 5.54 Å². The van der Waals surface area contributed by atoms with Crippen LogP contribution in [0.5, 0.6) is 5.75 Å². The Bertz CT molecular complexity index is 1010. The van der Waals surface area contributed by atoms with Crippen LogP contribution < -0.4 is 15.4 Å². The van der Waals surface area contributed by atoms with Crippen LogP contribution in [0.3, 0.4) is 0 Å². The van der Waals surface area contributed by atoms with Crippen LogP contribution in [0, 0.1) is 6.92 Å². The molecule has 140 valence electrons. The second-order valence-corrected chi connectivity index (χ2v) is 7.27. The molecular weight excluding hydrogens is 342 g/mol. The molecule has 2 N–H and O–H groups in total. The molecule has 0 saturated heterocycles. The van der Waals surface area contributed by atoms with Gasteiger partial charge in [0.25, 0.3) is 5.91 Å². The third-order valence-corrected chi connectivity index (χ3v) is 4.81. The number of pyridine rings is 2. The van der Waals surface area contributed by atoms with Gasteiger partial charge < -0.3 is 19.8 Å². The summed E-state index contributed by atoms with van der Waals surface area (Å²) in [5.41, 5.74) is 2.74. The molecule has 27 heavy (non-hydrogen) atoms. The summed E-state index contributed by atoms with van der Waals surface area (Å²) in [4.78, 5) is 22.0. The third kappa shape index (κ3) is 3.14. The Balaban J connectivity index is 1.67. The van der Waals surface area contributed by atoms with E-state index in [1.165, 1.54) is 0 Å². The third-order valence-electron chi connectivity index (χ3n) is 4.81. The fraction of sp³-hybridized carbons (Fsp3) is 0.350. The van der Waals surface area contributed by atoms with E-state index in [0.717, 1.165) is 29.1 Å². The topological polar surface area (TPSA) is 80.5 Å². The molecule has 3 aromatic heterocycles. The van der Waals surface area contributed by atoms with E-state index >= 15 is 0 Å². The number of fused-ring (bicyclic) bond motifs is 2. The molecule has 1 amide bonds. The number of carbonyl (C=O) groups excluding carboxylic acids is 1. The molecule has 0 saturated carbocycles. The van der Waals surface area contributed by atoms with Crippen LogP contribution in [0.15, 0.2) is 36.8 Å². The summed E-state index contributed by atoms with van der Waals surface area (Å²) in [5.74, 6) is 1.13. The van der Waals surface area contributed by atoms with Crippen molar-refractivity contribution in [1.29, 1.82) is 0 Å². The molecule has 3 aromatic rings. The van der Waals surface area contributed by atoms with Crippen LogP contribution in [0.2, 0.25) is 0 Å². The molecule has 0 unspecified atom stereocenters. The molecule has 1 aliphatic heterocycles. The molecule has 7 heteroatoms. The largest absolute Gasteiger partial charge is 0.489 e. The highest BCUT2D eigenvalue weighted by atomic mass is 16.5. The van der Waals surface area contributed by atoms with Crippen LogP contribution in [-0.2, 0) is 12.1 Å². The van der Waals surface area contributed by atoms with Crippen LogP contribution in [0.4, 0.5) is 0 Å². The van der Waals surface area contributed by atoms with Crippen molar-refractivity contribution in [3.63, 3.8) is 0 Å². The van der Waals surface area contributed by atoms with Gasteiger partial charge in [-0.25, -0.2) is 4.98 Å². The van der Waals surface area contributed by atoms with Gasteiger partial charge in [-0.2, -0.15) is 0 Å². The molecule has 0 bridgehead atoms. The lowest BCUT2D eigenvalue weighted by Crippen LogP contribution is -2.42. The SMILES string of the molecule is Cc1cccn2c(C(C)(C)NC(=O)c3ccnc4c3OCCNC4)ncc12. The van der Waals surface area contributed by atoms with Crippen molar-refractivity contribution < 1.29 is 9.53 Å². The minimum absolute atomic E-state index is 0.204. The summed E-state index contributed by atoms with van der Waals surface area (Å²) in [7, 11) is 0. The van der Waals surface area contributed by atoms with Crippen LogP contribution in [0.1, 0.15) is 41.3 Å². The standard InChI is InChI=1S/C20H23N5O2/c1-13-5-4-9-25-16(13)12-23-19(25)20(2,3)24-18(26)14-6-7-22-15-11-21-8-10-27-17(14)15/h4-7,9,12,21H,8,10-11H2,1-3H3,(H,24,26). The molecule has 4 rings (SSSR count). The summed E-state index contributed by atoms with van der Waals surface area (Å²) in [5, 5.41) is 6.34. The summed E-state index contributed by atoms with van der Waals surface area (Å²) in [6.45, 7) is 7.76. The zero-order valence-corrected chi connectivity index (χ0v) is 15.7. The van der Waals surface area contributed by atoms with E-state index in [1.807, 2.05) is 49.7 Å². The minimum atomic E-state index is -0.670. The molecule has 0 aliphatic carbocycles. The predicted octanol–water partition coefficient (Wildman–Crippen LogP) is 2.18. The van der Waals surface area contributed by atoms with Crippen molar-refractivity contribution in [2.24, 2.45) is 0 Å². The van der Waals surface area contributed by atoms with Gasteiger partial charge in [-0.05, 0) is 38.5 Å². The van der Waals surface area contributed by atoms with Gasteiger partial charge in [-0.15, -0.1) is 0 Å². The quantitative estimate of drug-likeness (QED) is 0.744. The highest BCUT2D eigenvalue weighted by Crippen LogP contribution is 2.26. The van der Waals surface area contributed by atoms with E-state index in [4.69, 9.17) is 4.74 Å². The van der Waals surface area contributed by atoms with Gasteiger partial charge in [-0.1, -0.05) is 6.07 Å². The number of aromatic nitrogens is 3. The fourth-order valence-corrected chi connectivity index (χ4v) is 3.42. The van der Waals surface area contributed by atoms with Crippen LogP contribution in [-0.4, -0.2) is 33.4 Å². The van der Waals surface area contributed by atoms with Crippen molar-refractivity contribution in [3.05, 3.63) is 59.4 Å². The Hall–Kier alpha value is -2.93. The minimum Gasteiger partial charge on any atom is -0.489 e. The molecule has 1 aliphatic rings. The highest BCUT2D eigenvalue weighted by molar-refractivity contribution is 5.97. The van der Waals surface area contributed by atoms with E-state index in [0.29, 0.717) is 24.5 Å². The van der Waals surface area contributed by atoms with Gasteiger partial charge in [0.2, 0.25) is 0 Å². The first-order valence-corrected chi connectivity index (χ1v) is 9.04. The van der Waals surface area contributed by atoms with Gasteiger partial charge in [-0.3, -0.25) is 9.78 Å². The van der Waals surface area contributed by atoms with Gasteiger partial charge in [0, 0.05) is 25.5 Å². The van der Waals surface area contributed by atoms with Crippen molar-refractivity contribution in [2.45, 2.75) is 32.9 Å². The average molecular weight is 365 g/mol. The van der Waals surface area contributed by atoms with Gasteiger partial charge in [0.1, 0.15) is 12.4 Å². The van der Waals surface area contributed by atoms with Crippen molar-refractivity contribution in [2.75, 3.05) is 13.2 Å². The Morgan fingerprint density at radius 3 is 3.04 bits per heavy atom. The lowest BCUT2D eigenvalue weighted by atomic mass is 10.0. The lowest BCUT2D eigenvalue weighted by molar-refractivity contribution is 0.0904.